The van der Waals surface area contributed by atoms with Crippen LogP contribution in [0.2, 0.25) is 0 Å². The van der Waals surface area contributed by atoms with Crippen LogP contribution in [0, 0.1) is 5.82 Å². The first-order chi connectivity index (χ1) is 8.20. The zero-order chi connectivity index (χ0) is 12.3. The molecule has 2 rings (SSSR count). The van der Waals surface area contributed by atoms with E-state index in [2.05, 4.69) is 21.2 Å². The van der Waals surface area contributed by atoms with E-state index in [-0.39, 0.29) is 18.5 Å². The van der Waals surface area contributed by atoms with Gasteiger partial charge >= 0.3 is 0 Å². The molecule has 2 N–H and O–H groups in total. The van der Waals surface area contributed by atoms with Crippen molar-refractivity contribution in [3.8, 4) is 0 Å². The molecule has 1 atom stereocenters. The van der Waals surface area contributed by atoms with Crippen molar-refractivity contribution in [2.45, 2.75) is 37.8 Å². The molecule has 0 amide bonds. The largest absolute Gasteiger partial charge is 0.394 e. The second-order valence-corrected chi connectivity index (χ2v) is 5.46. The Morgan fingerprint density at radius 3 is 2.71 bits per heavy atom. The van der Waals surface area contributed by atoms with Crippen LogP contribution in [0.4, 0.5) is 4.39 Å². The van der Waals surface area contributed by atoms with Gasteiger partial charge in [0.2, 0.25) is 0 Å². The highest BCUT2D eigenvalue weighted by Gasteiger charge is 2.21. The van der Waals surface area contributed by atoms with Gasteiger partial charge in [-0.15, -0.1) is 0 Å². The highest BCUT2D eigenvalue weighted by Crippen LogP contribution is 2.25. The number of rotatable bonds is 4. The van der Waals surface area contributed by atoms with Gasteiger partial charge in [0.25, 0.3) is 0 Å². The summed E-state index contributed by atoms with van der Waals surface area (Å²) in [7, 11) is 0. The summed E-state index contributed by atoms with van der Waals surface area (Å²) in [6, 6.07) is 5.08. The van der Waals surface area contributed by atoms with Crippen molar-refractivity contribution in [3.63, 3.8) is 0 Å². The maximum Gasteiger partial charge on any atom is 0.129 e. The molecule has 1 aliphatic rings. The van der Waals surface area contributed by atoms with Gasteiger partial charge in [-0.25, -0.2) is 4.39 Å². The highest BCUT2D eigenvalue weighted by molar-refractivity contribution is 9.10. The Morgan fingerprint density at radius 2 is 2.12 bits per heavy atom. The highest BCUT2D eigenvalue weighted by atomic mass is 79.9. The van der Waals surface area contributed by atoms with E-state index >= 15 is 0 Å². The molecule has 1 aromatic carbocycles. The van der Waals surface area contributed by atoms with Gasteiger partial charge in [-0.1, -0.05) is 34.8 Å². The lowest BCUT2D eigenvalue weighted by Gasteiger charge is -2.22. The Bertz CT molecular complexity index is 380. The lowest BCUT2D eigenvalue weighted by molar-refractivity contribution is 0.230. The number of benzene rings is 1. The lowest BCUT2D eigenvalue weighted by atomic mass is 10.1. The van der Waals surface area contributed by atoms with Crippen LogP contribution in [0.1, 0.15) is 37.3 Å². The van der Waals surface area contributed by atoms with Crippen molar-refractivity contribution in [1.82, 2.24) is 5.32 Å². The molecular weight excluding hydrogens is 285 g/mol. The smallest absolute Gasteiger partial charge is 0.129 e. The Kier molecular flexibility index (Phi) is 4.54. The van der Waals surface area contributed by atoms with Gasteiger partial charge in [0, 0.05) is 16.1 Å². The summed E-state index contributed by atoms with van der Waals surface area (Å²) >= 11 is 3.23. The fraction of sp³-hybridized carbons (Fsp3) is 0.538. The third kappa shape index (κ3) is 3.27. The molecule has 0 spiro atoms. The standard InChI is InChI=1S/C13H17BrFNO/c14-9-5-6-11(12(15)7-9)13(8-17)16-10-3-1-2-4-10/h5-7,10,13,16-17H,1-4,8H2. The predicted octanol–water partition coefficient (Wildman–Crippen LogP) is 3.15. The molecule has 94 valence electrons. The summed E-state index contributed by atoms with van der Waals surface area (Å²) in [4.78, 5) is 0. The third-order valence-corrected chi connectivity index (χ3v) is 3.81. The van der Waals surface area contributed by atoms with Gasteiger partial charge in [-0.3, -0.25) is 0 Å². The zero-order valence-electron chi connectivity index (χ0n) is 9.63. The zero-order valence-corrected chi connectivity index (χ0v) is 11.2. The SMILES string of the molecule is OCC(NC1CCCC1)c1ccc(Br)cc1F. The number of hydrogen-bond acceptors (Lipinski definition) is 2. The van der Waals surface area contributed by atoms with Gasteiger partial charge in [0.15, 0.2) is 0 Å². The molecular formula is C13H17BrFNO. The van der Waals surface area contributed by atoms with Crippen molar-refractivity contribution >= 4 is 15.9 Å². The molecule has 0 saturated heterocycles. The van der Waals surface area contributed by atoms with E-state index in [0.29, 0.717) is 11.6 Å². The molecule has 0 bridgehead atoms. The predicted molar refractivity (Wildman–Crippen MR) is 69.3 cm³/mol. The molecule has 1 unspecified atom stereocenters. The number of aliphatic hydroxyl groups is 1. The molecule has 0 aromatic heterocycles. The van der Waals surface area contributed by atoms with Gasteiger partial charge in [0.05, 0.1) is 12.6 Å². The molecule has 1 saturated carbocycles. The van der Waals surface area contributed by atoms with Crippen LogP contribution in [-0.2, 0) is 0 Å². The Morgan fingerprint density at radius 1 is 1.41 bits per heavy atom. The van der Waals surface area contributed by atoms with Crippen molar-refractivity contribution in [2.75, 3.05) is 6.61 Å². The number of hydrogen-bond donors (Lipinski definition) is 2. The summed E-state index contributed by atoms with van der Waals surface area (Å²) < 4.78 is 14.5. The minimum Gasteiger partial charge on any atom is -0.394 e. The molecule has 0 aliphatic heterocycles. The monoisotopic (exact) mass is 301 g/mol. The van der Waals surface area contributed by atoms with E-state index in [9.17, 15) is 9.50 Å². The van der Waals surface area contributed by atoms with E-state index in [1.54, 1.807) is 12.1 Å². The van der Waals surface area contributed by atoms with Crippen molar-refractivity contribution in [2.24, 2.45) is 0 Å². The number of halogens is 2. The molecule has 17 heavy (non-hydrogen) atoms. The van der Waals surface area contributed by atoms with Gasteiger partial charge in [0.1, 0.15) is 5.82 Å². The fourth-order valence-electron chi connectivity index (χ4n) is 2.40. The summed E-state index contributed by atoms with van der Waals surface area (Å²) in [6.07, 6.45) is 4.68. The molecule has 1 fully saturated rings. The maximum absolute atomic E-state index is 13.8. The van der Waals surface area contributed by atoms with Crippen molar-refractivity contribution in [3.05, 3.63) is 34.1 Å². The van der Waals surface area contributed by atoms with Crippen LogP contribution >= 0.6 is 15.9 Å². The van der Waals surface area contributed by atoms with Crippen LogP contribution in [-0.4, -0.2) is 17.8 Å². The summed E-state index contributed by atoms with van der Waals surface area (Å²) in [6.45, 7) is -0.0744. The molecule has 4 heteroatoms. The molecule has 0 radical (unpaired) electrons. The maximum atomic E-state index is 13.8. The fourth-order valence-corrected chi connectivity index (χ4v) is 2.74. The second-order valence-electron chi connectivity index (χ2n) is 4.55. The first-order valence-corrected chi connectivity index (χ1v) is 6.82. The van der Waals surface area contributed by atoms with Crippen LogP contribution in [0.15, 0.2) is 22.7 Å². The van der Waals surface area contributed by atoms with Crippen LogP contribution < -0.4 is 5.32 Å². The average Bonchev–Trinajstić information content (AvgIpc) is 2.79. The summed E-state index contributed by atoms with van der Waals surface area (Å²) in [5.41, 5.74) is 0.544. The minimum absolute atomic E-state index is 0.0744. The van der Waals surface area contributed by atoms with Gasteiger partial charge < -0.3 is 10.4 Å². The second kappa shape index (κ2) is 5.94. The molecule has 2 nitrogen and oxygen atoms in total. The summed E-state index contributed by atoms with van der Waals surface area (Å²) in [5, 5.41) is 12.7. The number of aliphatic hydroxyl groups excluding tert-OH is 1. The molecule has 0 heterocycles. The molecule has 1 aliphatic carbocycles. The van der Waals surface area contributed by atoms with E-state index in [0.717, 1.165) is 17.3 Å². The van der Waals surface area contributed by atoms with Crippen LogP contribution in [0.3, 0.4) is 0 Å². The van der Waals surface area contributed by atoms with Gasteiger partial charge in [-0.05, 0) is 25.0 Å². The van der Waals surface area contributed by atoms with Crippen molar-refractivity contribution in [1.29, 1.82) is 0 Å². The normalized spacial score (nSPS) is 18.5. The van der Waals surface area contributed by atoms with E-state index in [1.807, 2.05) is 0 Å². The van der Waals surface area contributed by atoms with E-state index < -0.39 is 0 Å². The first-order valence-electron chi connectivity index (χ1n) is 6.02. The Hall–Kier alpha value is -0.450. The Labute approximate surface area is 109 Å². The summed E-state index contributed by atoms with van der Waals surface area (Å²) in [5.74, 6) is -0.274. The van der Waals surface area contributed by atoms with Crippen LogP contribution in [0.5, 0.6) is 0 Å². The first kappa shape index (κ1) is 13.0. The number of nitrogens with one attached hydrogen (secondary N) is 1. The third-order valence-electron chi connectivity index (χ3n) is 3.31. The van der Waals surface area contributed by atoms with Crippen LogP contribution in [0.25, 0.3) is 0 Å². The van der Waals surface area contributed by atoms with E-state index in [1.165, 1.54) is 18.9 Å². The molecule has 1 aromatic rings. The van der Waals surface area contributed by atoms with Crippen molar-refractivity contribution < 1.29 is 9.50 Å². The van der Waals surface area contributed by atoms with Gasteiger partial charge in [-0.2, -0.15) is 0 Å². The minimum atomic E-state index is -0.300. The average molecular weight is 302 g/mol. The van der Waals surface area contributed by atoms with E-state index in [4.69, 9.17) is 0 Å². The lowest BCUT2D eigenvalue weighted by Crippen LogP contribution is -2.33. The topological polar surface area (TPSA) is 32.3 Å². The Balaban J connectivity index is 2.10. The quantitative estimate of drug-likeness (QED) is 0.895.